The van der Waals surface area contributed by atoms with Crippen molar-refractivity contribution in [3.05, 3.63) is 24.3 Å². The number of hydrogen-bond donors (Lipinski definition) is 1. The normalized spacial score (nSPS) is 16.5. The van der Waals surface area contributed by atoms with Gasteiger partial charge in [-0.15, -0.1) is 11.8 Å². The van der Waals surface area contributed by atoms with Crippen molar-refractivity contribution in [3.63, 3.8) is 0 Å². The summed E-state index contributed by atoms with van der Waals surface area (Å²) in [5.74, 6) is 0.738. The van der Waals surface area contributed by atoms with Crippen molar-refractivity contribution in [2.75, 3.05) is 24.3 Å². The summed E-state index contributed by atoms with van der Waals surface area (Å²) in [6, 6.07) is 7.75. The number of nitrogen functional groups attached to an aromatic ring is 1. The quantitative estimate of drug-likeness (QED) is 0.646. The molecule has 2 N–H and O–H groups in total. The van der Waals surface area contributed by atoms with Crippen LogP contribution in [0.1, 0.15) is 19.3 Å². The van der Waals surface area contributed by atoms with Crippen LogP contribution in [0.25, 0.3) is 0 Å². The number of nitrogens with zero attached hydrogens (tertiary/aromatic N) is 1. The summed E-state index contributed by atoms with van der Waals surface area (Å²) in [4.78, 5) is 1.02. The lowest BCUT2D eigenvalue weighted by molar-refractivity contribution is 0.250. The third-order valence-electron chi connectivity index (χ3n) is 3.50. The van der Waals surface area contributed by atoms with E-state index in [1.807, 2.05) is 24.3 Å². The molecule has 0 atom stereocenters. The van der Waals surface area contributed by atoms with Crippen LogP contribution in [-0.4, -0.2) is 37.3 Å². The smallest absolute Gasteiger partial charge is 0.214 e. The number of rotatable bonds is 6. The van der Waals surface area contributed by atoms with E-state index in [2.05, 4.69) is 0 Å². The van der Waals surface area contributed by atoms with Crippen molar-refractivity contribution in [2.24, 2.45) is 0 Å². The second-order valence-electron chi connectivity index (χ2n) is 4.84. The van der Waals surface area contributed by atoms with Crippen LogP contribution in [0.15, 0.2) is 29.2 Å². The molecule has 0 unspecified atom stereocenters. The summed E-state index contributed by atoms with van der Waals surface area (Å²) in [6.45, 7) is 0. The summed E-state index contributed by atoms with van der Waals surface area (Å²) in [5, 5.41) is 0. The van der Waals surface area contributed by atoms with Crippen molar-refractivity contribution in [2.45, 2.75) is 30.2 Å². The summed E-state index contributed by atoms with van der Waals surface area (Å²) in [7, 11) is -1.42. The third-order valence-corrected chi connectivity index (χ3v) is 6.65. The standard InChI is InChI=1S/C13H20N2O2S2/c1-15(12-5-3-6-12)19(16,17)9-8-18-13-7-2-4-11(14)10-13/h2,4,7,10,12H,3,5-6,8-9,14H2,1H3. The molecule has 2 rings (SSSR count). The molecule has 4 nitrogen and oxygen atoms in total. The highest BCUT2D eigenvalue weighted by molar-refractivity contribution is 8.00. The Bertz CT molecular complexity index is 527. The molecule has 106 valence electrons. The molecule has 0 bridgehead atoms. The van der Waals surface area contributed by atoms with Gasteiger partial charge in [-0.25, -0.2) is 12.7 Å². The zero-order valence-electron chi connectivity index (χ0n) is 11.1. The molecule has 0 amide bonds. The fourth-order valence-electron chi connectivity index (χ4n) is 1.99. The van der Waals surface area contributed by atoms with Gasteiger partial charge < -0.3 is 5.73 Å². The molecule has 6 heteroatoms. The van der Waals surface area contributed by atoms with E-state index in [0.29, 0.717) is 11.4 Å². The second-order valence-corrected chi connectivity index (χ2v) is 8.15. The SMILES string of the molecule is CN(C1CCC1)S(=O)(=O)CCSc1cccc(N)c1. The van der Waals surface area contributed by atoms with E-state index in [-0.39, 0.29) is 11.8 Å². The van der Waals surface area contributed by atoms with Crippen LogP contribution in [0.3, 0.4) is 0 Å². The van der Waals surface area contributed by atoms with Gasteiger partial charge in [-0.1, -0.05) is 12.5 Å². The van der Waals surface area contributed by atoms with E-state index in [4.69, 9.17) is 5.73 Å². The lowest BCUT2D eigenvalue weighted by Gasteiger charge is -2.33. The van der Waals surface area contributed by atoms with Crippen molar-refractivity contribution < 1.29 is 8.42 Å². The first-order valence-electron chi connectivity index (χ1n) is 6.43. The first kappa shape index (κ1) is 14.7. The van der Waals surface area contributed by atoms with E-state index in [0.717, 1.165) is 24.2 Å². The zero-order chi connectivity index (χ0) is 13.9. The lowest BCUT2D eigenvalue weighted by Crippen LogP contribution is -2.42. The Balaban J connectivity index is 1.84. The van der Waals surface area contributed by atoms with E-state index in [9.17, 15) is 8.42 Å². The molecule has 0 heterocycles. The molecular formula is C13H20N2O2S2. The monoisotopic (exact) mass is 300 g/mol. The lowest BCUT2D eigenvalue weighted by atomic mass is 9.94. The van der Waals surface area contributed by atoms with E-state index >= 15 is 0 Å². The minimum Gasteiger partial charge on any atom is -0.399 e. The Kier molecular flexibility index (Phi) is 4.76. The van der Waals surface area contributed by atoms with Gasteiger partial charge in [0, 0.05) is 29.4 Å². The fourth-order valence-corrected chi connectivity index (χ4v) is 4.75. The van der Waals surface area contributed by atoms with E-state index in [1.165, 1.54) is 11.8 Å². The van der Waals surface area contributed by atoms with Gasteiger partial charge >= 0.3 is 0 Å². The number of anilines is 1. The molecule has 1 saturated carbocycles. The molecule has 1 aromatic carbocycles. The van der Waals surface area contributed by atoms with Crippen LogP contribution < -0.4 is 5.73 Å². The van der Waals surface area contributed by atoms with Crippen molar-refractivity contribution in [1.82, 2.24) is 4.31 Å². The number of sulfonamides is 1. The van der Waals surface area contributed by atoms with Crippen molar-refractivity contribution in [3.8, 4) is 0 Å². The minimum absolute atomic E-state index is 0.180. The highest BCUT2D eigenvalue weighted by atomic mass is 32.2. The van der Waals surface area contributed by atoms with Gasteiger partial charge in [-0.05, 0) is 31.0 Å². The average molecular weight is 300 g/mol. The second kappa shape index (κ2) is 6.15. The number of nitrogens with two attached hydrogens (primary N) is 1. The zero-order valence-corrected chi connectivity index (χ0v) is 12.7. The molecule has 0 spiro atoms. The van der Waals surface area contributed by atoms with Crippen LogP contribution >= 0.6 is 11.8 Å². The first-order chi connectivity index (χ1) is 8.99. The number of thioether (sulfide) groups is 1. The summed E-state index contributed by atoms with van der Waals surface area (Å²) < 4.78 is 25.8. The van der Waals surface area contributed by atoms with Crippen LogP contribution in [0, 0.1) is 0 Å². The summed E-state index contributed by atoms with van der Waals surface area (Å²) in [5.41, 5.74) is 6.40. The molecular weight excluding hydrogens is 280 g/mol. The van der Waals surface area contributed by atoms with Gasteiger partial charge in [0.15, 0.2) is 0 Å². The molecule has 1 aliphatic carbocycles. The minimum atomic E-state index is -3.12. The van der Waals surface area contributed by atoms with Gasteiger partial charge in [0.2, 0.25) is 10.0 Å². The summed E-state index contributed by atoms with van der Waals surface area (Å²) >= 11 is 1.53. The molecule has 1 aliphatic rings. The molecule has 0 aliphatic heterocycles. The van der Waals surface area contributed by atoms with Gasteiger partial charge in [0.1, 0.15) is 0 Å². The van der Waals surface area contributed by atoms with Crippen molar-refractivity contribution in [1.29, 1.82) is 0 Å². The maximum absolute atomic E-state index is 12.1. The van der Waals surface area contributed by atoms with Crippen LogP contribution in [0.4, 0.5) is 5.69 Å². The van der Waals surface area contributed by atoms with E-state index in [1.54, 1.807) is 11.4 Å². The number of hydrogen-bond acceptors (Lipinski definition) is 4. The maximum atomic E-state index is 12.1. The molecule has 19 heavy (non-hydrogen) atoms. The predicted molar refractivity (Wildman–Crippen MR) is 80.8 cm³/mol. The van der Waals surface area contributed by atoms with E-state index < -0.39 is 10.0 Å². The topological polar surface area (TPSA) is 63.4 Å². The van der Waals surface area contributed by atoms with Crippen molar-refractivity contribution >= 4 is 27.5 Å². The predicted octanol–water partition coefficient (Wildman–Crippen LogP) is 2.18. The molecule has 1 fully saturated rings. The Hall–Kier alpha value is -0.720. The van der Waals surface area contributed by atoms with Gasteiger partial charge in [0.25, 0.3) is 0 Å². The average Bonchev–Trinajstić information content (AvgIpc) is 2.26. The Labute approximate surface area is 119 Å². The fraction of sp³-hybridized carbons (Fsp3) is 0.538. The number of benzene rings is 1. The van der Waals surface area contributed by atoms with Gasteiger partial charge in [0.05, 0.1) is 5.75 Å². The maximum Gasteiger partial charge on any atom is 0.214 e. The van der Waals surface area contributed by atoms with Gasteiger partial charge in [-0.3, -0.25) is 0 Å². The largest absolute Gasteiger partial charge is 0.399 e. The van der Waals surface area contributed by atoms with Gasteiger partial charge in [-0.2, -0.15) is 0 Å². The first-order valence-corrected chi connectivity index (χ1v) is 9.02. The van der Waals surface area contributed by atoms with Crippen LogP contribution in [-0.2, 0) is 10.0 Å². The highest BCUT2D eigenvalue weighted by Gasteiger charge is 2.30. The van der Waals surface area contributed by atoms with Crippen LogP contribution in [0.5, 0.6) is 0 Å². The highest BCUT2D eigenvalue weighted by Crippen LogP contribution is 2.26. The molecule has 0 aromatic heterocycles. The molecule has 0 saturated heterocycles. The molecule has 1 aromatic rings. The third kappa shape index (κ3) is 3.87. The Morgan fingerprint density at radius 1 is 1.42 bits per heavy atom. The molecule has 0 radical (unpaired) electrons. The summed E-state index contributed by atoms with van der Waals surface area (Å²) in [6.07, 6.45) is 3.14. The Morgan fingerprint density at radius 3 is 2.74 bits per heavy atom. The van der Waals surface area contributed by atoms with Crippen LogP contribution in [0.2, 0.25) is 0 Å². The Morgan fingerprint density at radius 2 is 2.16 bits per heavy atom.